The summed E-state index contributed by atoms with van der Waals surface area (Å²) in [6.45, 7) is 2.08. The summed E-state index contributed by atoms with van der Waals surface area (Å²) in [6, 6.07) is 1.68. The van der Waals surface area contributed by atoms with E-state index >= 15 is 0 Å². The predicted octanol–water partition coefficient (Wildman–Crippen LogP) is 1.12. The number of hydrogen-bond acceptors (Lipinski definition) is 5. The van der Waals surface area contributed by atoms with Gasteiger partial charge >= 0.3 is 0 Å². The summed E-state index contributed by atoms with van der Waals surface area (Å²) in [5.74, 6) is 0.349. The maximum absolute atomic E-state index is 12.7. The minimum Gasteiger partial charge on any atom is -0.378 e. The Morgan fingerprint density at radius 3 is 2.73 bits per heavy atom. The van der Waals surface area contributed by atoms with Crippen LogP contribution < -0.4 is 10.4 Å². The number of methoxy groups -OCH3 is 1. The van der Waals surface area contributed by atoms with E-state index in [1.54, 1.807) is 20.1 Å². The molecule has 1 saturated heterocycles. The Morgan fingerprint density at radius 2 is 2.00 bits per heavy atom. The van der Waals surface area contributed by atoms with Gasteiger partial charge in [-0.1, -0.05) is 12.8 Å². The zero-order valence-electron chi connectivity index (χ0n) is 12.8. The lowest BCUT2D eigenvalue weighted by molar-refractivity contribution is -0.141. The van der Waals surface area contributed by atoms with Crippen molar-refractivity contribution in [2.45, 2.75) is 39.2 Å². The molecule has 2 fully saturated rings. The number of anilines is 1. The number of nitrogens with zero attached hydrogens (tertiary/aromatic N) is 3. The molecule has 2 amide bonds. The summed E-state index contributed by atoms with van der Waals surface area (Å²) in [5, 5.41) is 1.28. The van der Waals surface area contributed by atoms with Gasteiger partial charge in [0.1, 0.15) is 5.82 Å². The van der Waals surface area contributed by atoms with Crippen LogP contribution in [-0.4, -0.2) is 28.9 Å². The second-order valence-corrected chi connectivity index (χ2v) is 5.84. The van der Waals surface area contributed by atoms with Crippen molar-refractivity contribution in [2.24, 2.45) is 11.8 Å². The topological polar surface area (TPSA) is 84.4 Å². The number of aromatic nitrogens is 2. The monoisotopic (exact) mass is 304 g/mol. The van der Waals surface area contributed by atoms with Crippen molar-refractivity contribution >= 4 is 17.6 Å². The van der Waals surface area contributed by atoms with Crippen LogP contribution in [0.4, 0.5) is 5.82 Å². The number of nitrogens with one attached hydrogen (secondary N) is 1. The lowest BCUT2D eigenvalue weighted by Gasteiger charge is -2.39. The Hall–Kier alpha value is -2.02. The zero-order chi connectivity index (χ0) is 15.7. The summed E-state index contributed by atoms with van der Waals surface area (Å²) in [5.41, 5.74) is 3.37. The van der Waals surface area contributed by atoms with Crippen molar-refractivity contribution in [3.8, 4) is 0 Å². The molecule has 0 radical (unpaired) electrons. The number of hydrogen-bond donors (Lipinski definition) is 1. The molecule has 1 saturated carbocycles. The second kappa shape index (κ2) is 6.00. The second-order valence-electron chi connectivity index (χ2n) is 5.84. The molecule has 0 bridgehead atoms. The Balaban J connectivity index is 1.91. The molecule has 2 atom stereocenters. The highest BCUT2D eigenvalue weighted by Gasteiger charge is 2.44. The van der Waals surface area contributed by atoms with Crippen LogP contribution in [0.1, 0.15) is 37.2 Å². The molecule has 1 aromatic heterocycles. The molecule has 7 nitrogen and oxygen atoms in total. The fraction of sp³-hybridized carbons (Fsp3) is 0.600. The lowest BCUT2D eigenvalue weighted by Crippen LogP contribution is -2.60. The summed E-state index contributed by atoms with van der Waals surface area (Å²) in [6.07, 6.45) is 3.55. The Kier molecular flexibility index (Phi) is 4.06. The van der Waals surface area contributed by atoms with Crippen LogP contribution in [0.2, 0.25) is 0 Å². The van der Waals surface area contributed by atoms with Gasteiger partial charge in [0.2, 0.25) is 5.91 Å². The number of rotatable bonds is 3. The highest BCUT2D eigenvalue weighted by atomic mass is 16.5. The van der Waals surface area contributed by atoms with E-state index in [1.165, 1.54) is 5.01 Å². The molecule has 0 spiro atoms. The van der Waals surface area contributed by atoms with Crippen LogP contribution in [0.15, 0.2) is 6.07 Å². The number of amides is 2. The van der Waals surface area contributed by atoms with E-state index in [9.17, 15) is 9.59 Å². The number of fused-ring (bicyclic) bond motifs is 1. The van der Waals surface area contributed by atoms with Crippen LogP contribution in [0.25, 0.3) is 0 Å². The summed E-state index contributed by atoms with van der Waals surface area (Å²) < 4.78 is 5.08. The van der Waals surface area contributed by atoms with Crippen LogP contribution in [0.5, 0.6) is 0 Å². The number of carbonyl (C=O) groups is 2. The van der Waals surface area contributed by atoms with Gasteiger partial charge in [-0.3, -0.25) is 15.0 Å². The van der Waals surface area contributed by atoms with Gasteiger partial charge in [0, 0.05) is 13.2 Å². The van der Waals surface area contributed by atoms with E-state index in [-0.39, 0.29) is 23.7 Å². The van der Waals surface area contributed by atoms with Crippen LogP contribution >= 0.6 is 0 Å². The molecule has 0 unspecified atom stereocenters. The Morgan fingerprint density at radius 1 is 1.27 bits per heavy atom. The van der Waals surface area contributed by atoms with E-state index in [2.05, 4.69) is 15.4 Å². The first-order valence-electron chi connectivity index (χ1n) is 7.58. The quantitative estimate of drug-likeness (QED) is 0.904. The molecule has 1 N–H and O–H groups in total. The summed E-state index contributed by atoms with van der Waals surface area (Å²) >= 11 is 0. The molecule has 1 aliphatic heterocycles. The summed E-state index contributed by atoms with van der Waals surface area (Å²) in [4.78, 5) is 33.5. The number of carbonyl (C=O) groups excluding carboxylic acids is 2. The molecule has 2 aliphatic rings. The lowest BCUT2D eigenvalue weighted by atomic mass is 9.77. The van der Waals surface area contributed by atoms with Crippen LogP contribution in [-0.2, 0) is 20.9 Å². The number of hydrazine groups is 1. The van der Waals surface area contributed by atoms with Gasteiger partial charge in [-0.15, -0.1) is 0 Å². The van der Waals surface area contributed by atoms with Gasteiger partial charge in [-0.2, -0.15) is 0 Å². The number of aryl methyl sites for hydroxylation is 1. The van der Waals surface area contributed by atoms with Crippen molar-refractivity contribution in [3.05, 3.63) is 17.6 Å². The van der Waals surface area contributed by atoms with Gasteiger partial charge in [0.25, 0.3) is 5.91 Å². The van der Waals surface area contributed by atoms with Gasteiger partial charge in [-0.05, 0) is 19.8 Å². The van der Waals surface area contributed by atoms with E-state index in [1.807, 2.05) is 0 Å². The van der Waals surface area contributed by atoms with E-state index < -0.39 is 0 Å². The first-order valence-corrected chi connectivity index (χ1v) is 7.58. The molecular weight excluding hydrogens is 284 g/mol. The largest absolute Gasteiger partial charge is 0.378 e. The molecule has 0 aromatic carbocycles. The van der Waals surface area contributed by atoms with Crippen LogP contribution in [0.3, 0.4) is 0 Å². The molecule has 118 valence electrons. The van der Waals surface area contributed by atoms with Crippen LogP contribution in [0, 0.1) is 18.8 Å². The molecule has 3 rings (SSSR count). The first kappa shape index (κ1) is 14.9. The molecule has 22 heavy (non-hydrogen) atoms. The molecule has 1 aromatic rings. The molecule has 2 heterocycles. The van der Waals surface area contributed by atoms with Crippen molar-refractivity contribution in [2.75, 3.05) is 12.1 Å². The zero-order valence-corrected chi connectivity index (χ0v) is 12.8. The minimum atomic E-state index is -0.233. The maximum Gasteiger partial charge on any atom is 0.251 e. The molecule has 7 heteroatoms. The average molecular weight is 304 g/mol. The van der Waals surface area contributed by atoms with Gasteiger partial charge in [0.05, 0.1) is 24.1 Å². The Labute approximate surface area is 129 Å². The van der Waals surface area contributed by atoms with Gasteiger partial charge in [0.15, 0.2) is 5.82 Å². The van der Waals surface area contributed by atoms with Gasteiger partial charge in [-0.25, -0.2) is 15.0 Å². The standard InChI is InChI=1S/C15H20N4O3/c1-9-16-10(8-22-2)7-13(17-9)19-15(21)12-6-4-3-5-11(12)14(20)18-19/h7,11-12H,3-6,8H2,1-2H3,(H,18,20)/t11-,12+/m1/s1. The molecular formula is C15H20N4O3. The average Bonchev–Trinajstić information content (AvgIpc) is 2.51. The third-order valence-corrected chi connectivity index (χ3v) is 4.26. The van der Waals surface area contributed by atoms with E-state index in [0.717, 1.165) is 25.7 Å². The maximum atomic E-state index is 12.7. The van der Waals surface area contributed by atoms with Crippen molar-refractivity contribution in [3.63, 3.8) is 0 Å². The van der Waals surface area contributed by atoms with Crippen molar-refractivity contribution in [1.82, 2.24) is 15.4 Å². The fourth-order valence-corrected chi connectivity index (χ4v) is 3.27. The number of ether oxygens (including phenoxy) is 1. The third kappa shape index (κ3) is 2.68. The smallest absolute Gasteiger partial charge is 0.251 e. The fourth-order valence-electron chi connectivity index (χ4n) is 3.27. The summed E-state index contributed by atoms with van der Waals surface area (Å²) in [7, 11) is 1.58. The van der Waals surface area contributed by atoms with E-state index in [0.29, 0.717) is 23.9 Å². The minimum absolute atomic E-state index is 0.0780. The van der Waals surface area contributed by atoms with Gasteiger partial charge < -0.3 is 4.74 Å². The third-order valence-electron chi connectivity index (χ3n) is 4.26. The highest BCUT2D eigenvalue weighted by Crippen LogP contribution is 2.35. The van der Waals surface area contributed by atoms with E-state index in [4.69, 9.17) is 4.74 Å². The van der Waals surface area contributed by atoms with Crippen molar-refractivity contribution < 1.29 is 14.3 Å². The SMILES string of the molecule is COCc1cc(N2NC(=O)[C@@H]3CCCC[C@@H]3C2=O)nc(C)n1. The van der Waals surface area contributed by atoms with Crippen molar-refractivity contribution in [1.29, 1.82) is 0 Å². The normalized spacial score (nSPS) is 24.9. The first-order chi connectivity index (χ1) is 10.6. The molecule has 1 aliphatic carbocycles. The highest BCUT2D eigenvalue weighted by molar-refractivity contribution is 6.03. The predicted molar refractivity (Wildman–Crippen MR) is 78.6 cm³/mol. The Bertz CT molecular complexity index is 604.